The molecule has 0 aromatic heterocycles. The van der Waals surface area contributed by atoms with Crippen LogP contribution in [0.25, 0.3) is 0 Å². The zero-order valence-electron chi connectivity index (χ0n) is 13.4. The first-order valence-electron chi connectivity index (χ1n) is 8.16. The summed E-state index contributed by atoms with van der Waals surface area (Å²) in [5.41, 5.74) is 0. The van der Waals surface area contributed by atoms with Crippen LogP contribution in [0, 0.1) is 5.92 Å². The van der Waals surface area contributed by atoms with Crippen molar-refractivity contribution in [3.8, 4) is 0 Å². The number of nitrogens with zero attached hydrogens (tertiary/aromatic N) is 2. The van der Waals surface area contributed by atoms with Gasteiger partial charge < -0.3 is 15.1 Å². The van der Waals surface area contributed by atoms with Crippen molar-refractivity contribution in [3.63, 3.8) is 0 Å². The summed E-state index contributed by atoms with van der Waals surface area (Å²) in [5, 5.41) is 1.88. The molecule has 0 radical (unpaired) electrons. The van der Waals surface area contributed by atoms with E-state index >= 15 is 0 Å². The van der Waals surface area contributed by atoms with Gasteiger partial charge in [0, 0.05) is 39.0 Å². The van der Waals surface area contributed by atoms with Crippen molar-refractivity contribution in [3.05, 3.63) is 0 Å². The molecule has 24 heavy (non-hydrogen) atoms. The molecule has 1 atom stereocenters. The molecule has 2 fully saturated rings. The summed E-state index contributed by atoms with van der Waals surface area (Å²) in [7, 11) is 0. The molecular formula is C15H22F3N3O3. The largest absolute Gasteiger partial charge is 0.405 e. The molecule has 0 bridgehead atoms. The highest BCUT2D eigenvalue weighted by atomic mass is 19.4. The van der Waals surface area contributed by atoms with E-state index in [1.165, 1.54) is 4.90 Å². The first-order chi connectivity index (χ1) is 11.3. The summed E-state index contributed by atoms with van der Waals surface area (Å²) in [4.78, 5) is 38.5. The van der Waals surface area contributed by atoms with Crippen LogP contribution in [-0.2, 0) is 14.4 Å². The van der Waals surface area contributed by atoms with Crippen molar-refractivity contribution >= 4 is 17.7 Å². The van der Waals surface area contributed by atoms with Crippen molar-refractivity contribution in [2.24, 2.45) is 5.92 Å². The van der Waals surface area contributed by atoms with Crippen LogP contribution < -0.4 is 5.32 Å². The second-order valence-corrected chi connectivity index (χ2v) is 6.25. The van der Waals surface area contributed by atoms with E-state index in [0.29, 0.717) is 25.9 Å². The maximum absolute atomic E-state index is 12.2. The maximum atomic E-state index is 12.2. The van der Waals surface area contributed by atoms with Crippen LogP contribution in [0.3, 0.4) is 0 Å². The average Bonchev–Trinajstić information content (AvgIpc) is 2.91. The third-order valence-electron chi connectivity index (χ3n) is 4.36. The summed E-state index contributed by atoms with van der Waals surface area (Å²) >= 11 is 0. The number of amides is 3. The maximum Gasteiger partial charge on any atom is 0.405 e. The van der Waals surface area contributed by atoms with Crippen molar-refractivity contribution in [2.75, 3.05) is 32.7 Å². The third kappa shape index (κ3) is 5.38. The molecule has 0 aromatic carbocycles. The van der Waals surface area contributed by atoms with E-state index in [1.807, 2.05) is 5.32 Å². The van der Waals surface area contributed by atoms with E-state index in [-0.39, 0.29) is 31.2 Å². The minimum atomic E-state index is -4.44. The smallest absolute Gasteiger partial charge is 0.347 e. The fourth-order valence-electron chi connectivity index (χ4n) is 3.07. The number of piperidine rings is 1. The standard InChI is InChI=1S/C15H22F3N3O3/c16-15(17,18)10-19-14(24)11-4-5-13(23)21(9-11)8-2-7-20-6-1-3-12(20)22/h11H,1-10H2,(H,19,24). The molecule has 6 nitrogen and oxygen atoms in total. The zero-order valence-corrected chi connectivity index (χ0v) is 13.4. The average molecular weight is 349 g/mol. The van der Waals surface area contributed by atoms with Crippen molar-refractivity contribution in [1.82, 2.24) is 15.1 Å². The van der Waals surface area contributed by atoms with Crippen molar-refractivity contribution < 1.29 is 27.6 Å². The van der Waals surface area contributed by atoms with Gasteiger partial charge in [-0.15, -0.1) is 0 Å². The Labute approximate surface area is 138 Å². The highest BCUT2D eigenvalue weighted by molar-refractivity contribution is 5.83. The minimum Gasteiger partial charge on any atom is -0.347 e. The lowest BCUT2D eigenvalue weighted by Gasteiger charge is -2.32. The summed E-state index contributed by atoms with van der Waals surface area (Å²) in [5.74, 6) is -1.26. The van der Waals surface area contributed by atoms with E-state index < -0.39 is 24.5 Å². The Balaban J connectivity index is 1.76. The number of halogens is 3. The number of carbonyl (C=O) groups is 3. The Hall–Kier alpha value is -1.80. The highest BCUT2D eigenvalue weighted by Gasteiger charge is 2.33. The first kappa shape index (κ1) is 18.5. The number of rotatable bonds is 6. The van der Waals surface area contributed by atoms with Gasteiger partial charge in [0.05, 0.1) is 5.92 Å². The molecular weight excluding hydrogens is 327 g/mol. The van der Waals surface area contributed by atoms with Gasteiger partial charge in [0.2, 0.25) is 17.7 Å². The lowest BCUT2D eigenvalue weighted by Crippen LogP contribution is -2.47. The third-order valence-corrected chi connectivity index (χ3v) is 4.36. The number of nitrogens with one attached hydrogen (secondary N) is 1. The van der Waals surface area contributed by atoms with Gasteiger partial charge in [-0.05, 0) is 19.3 Å². The van der Waals surface area contributed by atoms with Gasteiger partial charge in [-0.3, -0.25) is 14.4 Å². The van der Waals surface area contributed by atoms with Gasteiger partial charge in [0.15, 0.2) is 0 Å². The van der Waals surface area contributed by atoms with Gasteiger partial charge in [0.25, 0.3) is 0 Å². The number of hydrogen-bond donors (Lipinski definition) is 1. The molecule has 2 rings (SSSR count). The van der Waals surface area contributed by atoms with Crippen LogP contribution >= 0.6 is 0 Å². The predicted octanol–water partition coefficient (Wildman–Crippen LogP) is 0.916. The Bertz CT molecular complexity index is 496. The van der Waals surface area contributed by atoms with Gasteiger partial charge >= 0.3 is 6.18 Å². The van der Waals surface area contributed by atoms with E-state index in [0.717, 1.165) is 13.0 Å². The van der Waals surface area contributed by atoms with Gasteiger partial charge in [-0.2, -0.15) is 13.2 Å². The SMILES string of the molecule is O=C(NCC(F)(F)F)C1CCC(=O)N(CCCN2CCCC2=O)C1. The second-order valence-electron chi connectivity index (χ2n) is 6.25. The summed E-state index contributed by atoms with van der Waals surface area (Å²) in [6.07, 6.45) is -2.00. The summed E-state index contributed by atoms with van der Waals surface area (Å²) < 4.78 is 36.5. The molecule has 1 N–H and O–H groups in total. The van der Waals surface area contributed by atoms with Gasteiger partial charge in [-0.25, -0.2) is 0 Å². The first-order valence-corrected chi connectivity index (χ1v) is 8.16. The van der Waals surface area contributed by atoms with Gasteiger partial charge in [-0.1, -0.05) is 0 Å². The molecule has 0 aliphatic carbocycles. The van der Waals surface area contributed by atoms with E-state index in [1.54, 1.807) is 4.90 Å². The summed E-state index contributed by atoms with van der Waals surface area (Å²) in [6.45, 7) is 0.484. The Kier molecular flexibility index (Phi) is 6.06. The lowest BCUT2D eigenvalue weighted by molar-refractivity contribution is -0.145. The molecule has 2 aliphatic heterocycles. The molecule has 2 saturated heterocycles. The van der Waals surface area contributed by atoms with Crippen LogP contribution in [0.15, 0.2) is 0 Å². The molecule has 0 aromatic rings. The fraction of sp³-hybridized carbons (Fsp3) is 0.800. The zero-order chi connectivity index (χ0) is 17.7. The molecule has 1 unspecified atom stereocenters. The molecule has 0 saturated carbocycles. The fourth-order valence-corrected chi connectivity index (χ4v) is 3.07. The van der Waals surface area contributed by atoms with Crippen LogP contribution in [0.2, 0.25) is 0 Å². The number of carbonyl (C=O) groups excluding carboxylic acids is 3. The summed E-state index contributed by atoms with van der Waals surface area (Å²) in [6, 6.07) is 0. The van der Waals surface area contributed by atoms with Crippen LogP contribution in [-0.4, -0.2) is 66.4 Å². The Morgan fingerprint density at radius 2 is 1.79 bits per heavy atom. The van der Waals surface area contributed by atoms with E-state index in [9.17, 15) is 27.6 Å². The highest BCUT2D eigenvalue weighted by Crippen LogP contribution is 2.19. The molecule has 2 heterocycles. The topological polar surface area (TPSA) is 69.7 Å². The monoisotopic (exact) mass is 349 g/mol. The van der Waals surface area contributed by atoms with E-state index in [4.69, 9.17) is 0 Å². The van der Waals surface area contributed by atoms with E-state index in [2.05, 4.69) is 0 Å². The normalized spacial score (nSPS) is 22.2. The number of likely N-dealkylation sites (tertiary alicyclic amines) is 2. The van der Waals surface area contributed by atoms with Crippen molar-refractivity contribution in [1.29, 1.82) is 0 Å². The quantitative estimate of drug-likeness (QED) is 0.775. The Morgan fingerprint density at radius 1 is 1.12 bits per heavy atom. The molecule has 0 spiro atoms. The second kappa shape index (κ2) is 7.85. The number of alkyl halides is 3. The van der Waals surface area contributed by atoms with Crippen LogP contribution in [0.4, 0.5) is 13.2 Å². The van der Waals surface area contributed by atoms with Crippen LogP contribution in [0.1, 0.15) is 32.1 Å². The molecule has 136 valence electrons. The van der Waals surface area contributed by atoms with Crippen molar-refractivity contribution in [2.45, 2.75) is 38.3 Å². The predicted molar refractivity (Wildman–Crippen MR) is 78.8 cm³/mol. The van der Waals surface area contributed by atoms with Crippen LogP contribution in [0.5, 0.6) is 0 Å². The molecule has 9 heteroatoms. The lowest BCUT2D eigenvalue weighted by atomic mass is 9.96. The molecule has 3 amide bonds. The minimum absolute atomic E-state index is 0.0948. The molecule has 2 aliphatic rings. The number of hydrogen-bond acceptors (Lipinski definition) is 3. The Morgan fingerprint density at radius 3 is 2.42 bits per heavy atom. The van der Waals surface area contributed by atoms with Gasteiger partial charge in [0.1, 0.15) is 6.54 Å².